The quantitative estimate of drug-likeness (QED) is 0.717. The maximum Gasteiger partial charge on any atom is 0.160 e. The zero-order valence-electron chi connectivity index (χ0n) is 10.2. The Morgan fingerprint density at radius 2 is 1.65 bits per heavy atom. The van der Waals surface area contributed by atoms with Gasteiger partial charge in [-0.05, 0) is 30.0 Å². The molecule has 86 valence electrons. The lowest BCUT2D eigenvalue weighted by Crippen LogP contribution is -1.95. The number of hydrogen-bond acceptors (Lipinski definition) is 1. The first-order valence-corrected chi connectivity index (χ1v) is 5.91. The molecule has 2 aromatic rings. The molecule has 0 unspecified atom stereocenters. The topological polar surface area (TPSA) is 17.1 Å². The smallest absolute Gasteiger partial charge is 0.160 e. The van der Waals surface area contributed by atoms with Gasteiger partial charge in [-0.25, -0.2) is 0 Å². The molecule has 0 atom stereocenters. The molecule has 2 aromatic carbocycles. The van der Waals surface area contributed by atoms with Crippen molar-refractivity contribution in [3.63, 3.8) is 0 Å². The van der Waals surface area contributed by atoms with E-state index in [-0.39, 0.29) is 5.78 Å². The van der Waals surface area contributed by atoms with Gasteiger partial charge < -0.3 is 0 Å². The van der Waals surface area contributed by atoms with Crippen LogP contribution in [0.15, 0.2) is 48.5 Å². The average Bonchev–Trinajstić information content (AvgIpc) is 2.39. The molecule has 2 rings (SSSR count). The fourth-order valence-electron chi connectivity index (χ4n) is 1.96. The van der Waals surface area contributed by atoms with Crippen LogP contribution in [0, 0.1) is 0 Å². The van der Waals surface area contributed by atoms with Crippen molar-refractivity contribution < 1.29 is 4.79 Å². The van der Waals surface area contributed by atoms with Crippen LogP contribution in [0.5, 0.6) is 0 Å². The molecule has 0 N–H and O–H groups in total. The molecule has 1 nitrogen and oxygen atoms in total. The van der Waals surface area contributed by atoms with Gasteiger partial charge in [-0.3, -0.25) is 4.79 Å². The average molecular weight is 224 g/mol. The van der Waals surface area contributed by atoms with Crippen LogP contribution in [0.4, 0.5) is 0 Å². The maximum atomic E-state index is 11.6. The van der Waals surface area contributed by atoms with Crippen molar-refractivity contribution in [1.29, 1.82) is 0 Å². The van der Waals surface area contributed by atoms with Crippen molar-refractivity contribution >= 4 is 5.78 Å². The highest BCUT2D eigenvalue weighted by atomic mass is 16.1. The first-order valence-electron chi connectivity index (χ1n) is 5.91. The summed E-state index contributed by atoms with van der Waals surface area (Å²) in [5.74, 6) is 0.111. The molecule has 0 saturated heterocycles. The summed E-state index contributed by atoms with van der Waals surface area (Å²) in [6.45, 7) is 3.75. The Balaban J connectivity index is 2.48. The van der Waals surface area contributed by atoms with Gasteiger partial charge in [0, 0.05) is 5.56 Å². The van der Waals surface area contributed by atoms with Crippen LogP contribution in [0.1, 0.15) is 29.8 Å². The Morgan fingerprint density at radius 1 is 1.00 bits per heavy atom. The maximum absolute atomic E-state index is 11.6. The van der Waals surface area contributed by atoms with Crippen LogP contribution in [0.25, 0.3) is 11.1 Å². The SMILES string of the molecule is CCc1ccc(-c2ccccc2C(C)=O)cc1. The summed E-state index contributed by atoms with van der Waals surface area (Å²) in [4.78, 5) is 11.6. The normalized spacial score (nSPS) is 10.2. The second kappa shape index (κ2) is 4.96. The molecular weight excluding hydrogens is 208 g/mol. The van der Waals surface area contributed by atoms with Crippen LogP contribution in [-0.2, 0) is 6.42 Å². The number of rotatable bonds is 3. The highest BCUT2D eigenvalue weighted by Gasteiger charge is 2.07. The number of aryl methyl sites for hydroxylation is 1. The Kier molecular flexibility index (Phi) is 3.38. The lowest BCUT2D eigenvalue weighted by Gasteiger charge is -2.07. The predicted octanol–water partition coefficient (Wildman–Crippen LogP) is 4.12. The van der Waals surface area contributed by atoms with Crippen LogP contribution >= 0.6 is 0 Å². The van der Waals surface area contributed by atoms with Crippen molar-refractivity contribution in [2.24, 2.45) is 0 Å². The van der Waals surface area contributed by atoms with Crippen molar-refractivity contribution in [3.8, 4) is 11.1 Å². The van der Waals surface area contributed by atoms with E-state index in [0.29, 0.717) is 0 Å². The molecule has 0 aliphatic rings. The number of benzene rings is 2. The van der Waals surface area contributed by atoms with E-state index in [0.717, 1.165) is 23.1 Å². The number of carbonyl (C=O) groups is 1. The number of Topliss-reactive ketones (excluding diaryl/α,β-unsaturated/α-hetero) is 1. The molecule has 0 spiro atoms. The van der Waals surface area contributed by atoms with Gasteiger partial charge in [0.25, 0.3) is 0 Å². The highest BCUT2D eigenvalue weighted by Crippen LogP contribution is 2.24. The third-order valence-corrected chi connectivity index (χ3v) is 2.98. The Morgan fingerprint density at radius 3 is 2.24 bits per heavy atom. The first kappa shape index (κ1) is 11.6. The van der Waals surface area contributed by atoms with Gasteiger partial charge >= 0.3 is 0 Å². The molecule has 1 heteroatoms. The molecule has 0 aliphatic carbocycles. The molecule has 0 fully saturated rings. The first-order chi connectivity index (χ1) is 8.22. The van der Waals surface area contributed by atoms with E-state index in [1.54, 1.807) is 6.92 Å². The molecule has 0 aliphatic heterocycles. The van der Waals surface area contributed by atoms with Gasteiger partial charge in [0.1, 0.15) is 0 Å². The molecule has 17 heavy (non-hydrogen) atoms. The van der Waals surface area contributed by atoms with Crippen molar-refractivity contribution in [2.45, 2.75) is 20.3 Å². The van der Waals surface area contributed by atoms with E-state index >= 15 is 0 Å². The van der Waals surface area contributed by atoms with Crippen LogP contribution in [0.3, 0.4) is 0 Å². The van der Waals surface area contributed by atoms with Crippen molar-refractivity contribution in [1.82, 2.24) is 0 Å². The van der Waals surface area contributed by atoms with Gasteiger partial charge in [-0.15, -0.1) is 0 Å². The summed E-state index contributed by atoms with van der Waals surface area (Å²) in [6, 6.07) is 16.2. The van der Waals surface area contributed by atoms with E-state index in [1.165, 1.54) is 5.56 Å². The fourth-order valence-corrected chi connectivity index (χ4v) is 1.96. The van der Waals surface area contributed by atoms with Crippen molar-refractivity contribution in [3.05, 3.63) is 59.7 Å². The molecule has 0 bridgehead atoms. The summed E-state index contributed by atoms with van der Waals surface area (Å²) in [5.41, 5.74) is 4.22. The van der Waals surface area contributed by atoms with Crippen LogP contribution in [0.2, 0.25) is 0 Å². The third kappa shape index (κ3) is 2.44. The zero-order chi connectivity index (χ0) is 12.3. The van der Waals surface area contributed by atoms with Crippen LogP contribution < -0.4 is 0 Å². The monoisotopic (exact) mass is 224 g/mol. The van der Waals surface area contributed by atoms with Gasteiger partial charge in [-0.2, -0.15) is 0 Å². The van der Waals surface area contributed by atoms with E-state index in [1.807, 2.05) is 24.3 Å². The van der Waals surface area contributed by atoms with Gasteiger partial charge in [0.15, 0.2) is 5.78 Å². The minimum atomic E-state index is 0.111. The Labute approximate surface area is 102 Å². The summed E-state index contributed by atoms with van der Waals surface area (Å²) in [7, 11) is 0. The summed E-state index contributed by atoms with van der Waals surface area (Å²) >= 11 is 0. The van der Waals surface area contributed by atoms with Gasteiger partial charge in [0.05, 0.1) is 0 Å². The highest BCUT2D eigenvalue weighted by molar-refractivity contribution is 6.00. The Bertz CT molecular complexity index is 523. The summed E-state index contributed by atoms with van der Waals surface area (Å²) in [5, 5.41) is 0. The summed E-state index contributed by atoms with van der Waals surface area (Å²) in [6.07, 6.45) is 1.04. The van der Waals surface area contributed by atoms with Crippen molar-refractivity contribution in [2.75, 3.05) is 0 Å². The summed E-state index contributed by atoms with van der Waals surface area (Å²) < 4.78 is 0. The molecule has 0 radical (unpaired) electrons. The van der Waals surface area contributed by atoms with E-state index in [4.69, 9.17) is 0 Å². The largest absolute Gasteiger partial charge is 0.294 e. The lowest BCUT2D eigenvalue weighted by atomic mass is 9.96. The number of ketones is 1. The van der Waals surface area contributed by atoms with Gasteiger partial charge in [0.2, 0.25) is 0 Å². The van der Waals surface area contributed by atoms with E-state index < -0.39 is 0 Å². The van der Waals surface area contributed by atoms with E-state index in [9.17, 15) is 4.79 Å². The fraction of sp³-hybridized carbons (Fsp3) is 0.188. The van der Waals surface area contributed by atoms with Gasteiger partial charge in [-0.1, -0.05) is 55.5 Å². The second-order valence-corrected chi connectivity index (χ2v) is 4.15. The zero-order valence-corrected chi connectivity index (χ0v) is 10.2. The third-order valence-electron chi connectivity index (χ3n) is 2.98. The Hall–Kier alpha value is -1.89. The van der Waals surface area contributed by atoms with E-state index in [2.05, 4.69) is 31.2 Å². The lowest BCUT2D eigenvalue weighted by molar-refractivity contribution is 0.101. The molecule has 0 aromatic heterocycles. The standard InChI is InChI=1S/C16H16O/c1-3-13-8-10-14(11-9-13)16-7-5-4-6-15(16)12(2)17/h4-11H,3H2,1-2H3. The number of carbonyl (C=O) groups excluding carboxylic acids is 1. The molecular formula is C16H16O. The second-order valence-electron chi connectivity index (χ2n) is 4.15. The molecule has 0 amide bonds. The minimum absolute atomic E-state index is 0.111. The molecule has 0 saturated carbocycles. The predicted molar refractivity (Wildman–Crippen MR) is 71.3 cm³/mol. The minimum Gasteiger partial charge on any atom is -0.294 e. The number of hydrogen-bond donors (Lipinski definition) is 0. The van der Waals surface area contributed by atoms with Crippen LogP contribution in [-0.4, -0.2) is 5.78 Å². The molecule has 0 heterocycles.